The fraction of sp³-hybridized carbons (Fsp3) is 0.320. The van der Waals surface area contributed by atoms with E-state index in [0.29, 0.717) is 34.0 Å². The average Bonchev–Trinajstić information content (AvgIpc) is 2.79. The van der Waals surface area contributed by atoms with Gasteiger partial charge in [0.15, 0.2) is 11.4 Å². The van der Waals surface area contributed by atoms with Crippen molar-refractivity contribution in [1.82, 2.24) is 9.97 Å². The summed E-state index contributed by atoms with van der Waals surface area (Å²) in [5, 5.41) is 9.18. The third kappa shape index (κ3) is 6.48. The number of benzene rings is 2. The monoisotopic (exact) mass is 490 g/mol. The Labute approximate surface area is 200 Å². The van der Waals surface area contributed by atoms with E-state index >= 15 is 0 Å². The van der Waals surface area contributed by atoms with Crippen LogP contribution in [-0.4, -0.2) is 33.8 Å². The molecule has 1 heterocycles. The van der Waals surface area contributed by atoms with Gasteiger partial charge in [0.05, 0.1) is 17.9 Å². The van der Waals surface area contributed by atoms with Gasteiger partial charge in [0.1, 0.15) is 18.1 Å². The summed E-state index contributed by atoms with van der Waals surface area (Å²) in [6.07, 6.45) is -4.42. The molecule has 7 nitrogen and oxygen atoms in total. The average molecular weight is 490 g/mol. The first kappa shape index (κ1) is 26.0. The minimum atomic E-state index is -4.42. The van der Waals surface area contributed by atoms with Crippen LogP contribution in [0, 0.1) is 6.92 Å². The summed E-state index contributed by atoms with van der Waals surface area (Å²) in [5.41, 5.74) is 0.174. The summed E-state index contributed by atoms with van der Waals surface area (Å²) >= 11 is 0. The lowest BCUT2D eigenvalue weighted by Crippen LogP contribution is -2.37. The number of rotatable bonds is 9. The standard InChI is InChI=1S/C25H25F3N2O5/c1-15-20(13-34-18-9-11-19(12-10-18)35-24(2,3)23(31)32)21(14-33-4)30-22(29-15)16-5-7-17(8-6-16)25(26,27)28/h5-12H,13-14H2,1-4H3,(H,31,32). The normalized spacial score (nSPS) is 11.9. The van der Waals surface area contributed by atoms with Crippen molar-refractivity contribution < 1.29 is 37.3 Å². The Morgan fingerprint density at radius 1 is 0.943 bits per heavy atom. The molecule has 0 aliphatic carbocycles. The van der Waals surface area contributed by atoms with Gasteiger partial charge in [-0.3, -0.25) is 0 Å². The Hall–Kier alpha value is -3.66. The van der Waals surface area contributed by atoms with Crippen LogP contribution in [0.15, 0.2) is 48.5 Å². The van der Waals surface area contributed by atoms with Gasteiger partial charge in [-0.05, 0) is 57.2 Å². The second kappa shape index (κ2) is 10.3. The maximum atomic E-state index is 12.9. The Balaban J connectivity index is 1.78. The number of hydrogen-bond donors (Lipinski definition) is 1. The molecule has 1 aromatic heterocycles. The van der Waals surface area contributed by atoms with Crippen LogP contribution in [-0.2, 0) is 28.9 Å². The predicted octanol–water partition coefficient (Wildman–Crippen LogP) is 5.44. The van der Waals surface area contributed by atoms with E-state index in [4.69, 9.17) is 14.2 Å². The Bertz CT molecular complexity index is 1180. The fourth-order valence-corrected chi connectivity index (χ4v) is 3.13. The largest absolute Gasteiger partial charge is 0.489 e. The molecule has 0 aliphatic heterocycles. The smallest absolute Gasteiger partial charge is 0.416 e. The maximum absolute atomic E-state index is 12.9. The molecule has 0 radical (unpaired) electrons. The molecule has 3 aromatic rings. The number of carboxylic acid groups (broad SMARTS) is 1. The van der Waals surface area contributed by atoms with Crippen LogP contribution in [0.5, 0.6) is 11.5 Å². The molecule has 0 saturated heterocycles. The van der Waals surface area contributed by atoms with Crippen molar-refractivity contribution in [3.8, 4) is 22.9 Å². The number of nitrogens with zero attached hydrogens (tertiary/aromatic N) is 2. The number of carboxylic acids is 1. The number of alkyl halides is 3. The van der Waals surface area contributed by atoms with E-state index in [-0.39, 0.29) is 19.0 Å². The molecule has 186 valence electrons. The third-order valence-electron chi connectivity index (χ3n) is 5.15. The topological polar surface area (TPSA) is 90.8 Å². The molecule has 3 rings (SSSR count). The van der Waals surface area contributed by atoms with Crippen molar-refractivity contribution in [3.63, 3.8) is 0 Å². The summed E-state index contributed by atoms with van der Waals surface area (Å²) in [7, 11) is 1.51. The van der Waals surface area contributed by atoms with E-state index < -0.39 is 23.3 Å². The molecule has 0 amide bonds. The molecular weight excluding hydrogens is 465 g/mol. The third-order valence-corrected chi connectivity index (χ3v) is 5.15. The Morgan fingerprint density at radius 3 is 2.09 bits per heavy atom. The highest BCUT2D eigenvalue weighted by Crippen LogP contribution is 2.31. The zero-order valence-corrected chi connectivity index (χ0v) is 19.6. The van der Waals surface area contributed by atoms with Crippen molar-refractivity contribution in [2.24, 2.45) is 0 Å². The van der Waals surface area contributed by atoms with Crippen molar-refractivity contribution in [2.75, 3.05) is 7.11 Å². The summed E-state index contributed by atoms with van der Waals surface area (Å²) < 4.78 is 55.2. The molecule has 0 unspecified atom stereocenters. The quantitative estimate of drug-likeness (QED) is 0.427. The molecule has 0 spiro atoms. The van der Waals surface area contributed by atoms with Gasteiger partial charge in [-0.2, -0.15) is 13.2 Å². The minimum absolute atomic E-state index is 0.124. The van der Waals surface area contributed by atoms with E-state index in [0.717, 1.165) is 12.1 Å². The van der Waals surface area contributed by atoms with E-state index in [1.807, 2.05) is 0 Å². The fourth-order valence-electron chi connectivity index (χ4n) is 3.13. The van der Waals surface area contributed by atoms with Crippen LogP contribution in [0.1, 0.15) is 36.4 Å². The lowest BCUT2D eigenvalue weighted by Gasteiger charge is -2.21. The van der Waals surface area contributed by atoms with Crippen molar-refractivity contribution in [2.45, 2.75) is 45.8 Å². The zero-order valence-electron chi connectivity index (χ0n) is 19.6. The van der Waals surface area contributed by atoms with E-state index in [1.54, 1.807) is 31.2 Å². The molecule has 1 N–H and O–H groups in total. The Kier molecular flexibility index (Phi) is 7.64. The van der Waals surface area contributed by atoms with Crippen LogP contribution in [0.25, 0.3) is 11.4 Å². The van der Waals surface area contributed by atoms with Crippen LogP contribution in [0.2, 0.25) is 0 Å². The summed E-state index contributed by atoms with van der Waals surface area (Å²) in [5.74, 6) is 0.0959. The van der Waals surface area contributed by atoms with Crippen LogP contribution < -0.4 is 9.47 Å². The molecule has 0 fully saturated rings. The van der Waals surface area contributed by atoms with Crippen molar-refractivity contribution in [1.29, 1.82) is 0 Å². The van der Waals surface area contributed by atoms with Gasteiger partial charge in [-0.1, -0.05) is 12.1 Å². The van der Waals surface area contributed by atoms with Crippen LogP contribution in [0.4, 0.5) is 13.2 Å². The van der Waals surface area contributed by atoms with Gasteiger partial charge >= 0.3 is 12.1 Å². The number of hydrogen-bond acceptors (Lipinski definition) is 6. The van der Waals surface area contributed by atoms with Gasteiger partial charge in [-0.15, -0.1) is 0 Å². The highest BCUT2D eigenvalue weighted by Gasteiger charge is 2.30. The molecule has 0 atom stereocenters. The second-order valence-corrected chi connectivity index (χ2v) is 8.24. The van der Waals surface area contributed by atoms with Crippen molar-refractivity contribution in [3.05, 3.63) is 71.0 Å². The highest BCUT2D eigenvalue weighted by molar-refractivity contribution is 5.76. The second-order valence-electron chi connectivity index (χ2n) is 8.24. The molecule has 2 aromatic carbocycles. The lowest BCUT2D eigenvalue weighted by atomic mass is 10.1. The number of carbonyl (C=O) groups is 1. The first-order chi connectivity index (χ1) is 16.4. The number of methoxy groups -OCH3 is 1. The first-order valence-electron chi connectivity index (χ1n) is 10.6. The van der Waals surface area contributed by atoms with Gasteiger partial charge in [0.25, 0.3) is 0 Å². The zero-order chi connectivity index (χ0) is 25.8. The van der Waals surface area contributed by atoms with Crippen molar-refractivity contribution >= 4 is 5.97 Å². The molecule has 10 heteroatoms. The summed E-state index contributed by atoms with van der Waals surface area (Å²) in [4.78, 5) is 20.2. The summed E-state index contributed by atoms with van der Waals surface area (Å²) in [6, 6.07) is 11.2. The van der Waals surface area contributed by atoms with E-state index in [9.17, 15) is 23.1 Å². The van der Waals surface area contributed by atoms with E-state index in [1.165, 1.54) is 33.1 Å². The number of halogens is 3. The summed E-state index contributed by atoms with van der Waals surface area (Å²) in [6.45, 7) is 4.95. The van der Waals surface area contributed by atoms with E-state index in [2.05, 4.69) is 9.97 Å². The van der Waals surface area contributed by atoms with Gasteiger partial charge in [-0.25, -0.2) is 14.8 Å². The number of aryl methyl sites for hydroxylation is 1. The van der Waals surface area contributed by atoms with Gasteiger partial charge in [0, 0.05) is 23.9 Å². The maximum Gasteiger partial charge on any atom is 0.416 e. The first-order valence-corrected chi connectivity index (χ1v) is 10.6. The minimum Gasteiger partial charge on any atom is -0.489 e. The Morgan fingerprint density at radius 2 is 1.54 bits per heavy atom. The number of ether oxygens (including phenoxy) is 3. The molecule has 35 heavy (non-hydrogen) atoms. The van der Waals surface area contributed by atoms with Crippen LogP contribution in [0.3, 0.4) is 0 Å². The van der Waals surface area contributed by atoms with Gasteiger partial charge < -0.3 is 19.3 Å². The highest BCUT2D eigenvalue weighted by atomic mass is 19.4. The molecular formula is C25H25F3N2O5. The predicted molar refractivity (Wildman–Crippen MR) is 121 cm³/mol. The molecule has 0 aliphatic rings. The molecule has 0 saturated carbocycles. The number of aliphatic carboxylic acids is 1. The lowest BCUT2D eigenvalue weighted by molar-refractivity contribution is -0.152. The SMILES string of the molecule is COCc1nc(-c2ccc(C(F)(F)F)cc2)nc(C)c1COc1ccc(OC(C)(C)C(=O)O)cc1. The number of aromatic nitrogens is 2. The van der Waals surface area contributed by atoms with Crippen LogP contribution >= 0.6 is 0 Å². The molecule has 0 bridgehead atoms. The van der Waals surface area contributed by atoms with Gasteiger partial charge in [0.2, 0.25) is 0 Å².